The Morgan fingerprint density at radius 3 is 2.41 bits per heavy atom. The van der Waals surface area contributed by atoms with Crippen molar-refractivity contribution in [3.63, 3.8) is 0 Å². The molecular weight excluding hydrogens is 360 g/mol. The van der Waals surface area contributed by atoms with E-state index >= 15 is 0 Å². The van der Waals surface area contributed by atoms with Crippen molar-refractivity contribution in [2.75, 3.05) is 10.6 Å². The van der Waals surface area contributed by atoms with Gasteiger partial charge in [0.05, 0.1) is 5.69 Å². The molecule has 0 radical (unpaired) electrons. The van der Waals surface area contributed by atoms with E-state index in [2.05, 4.69) is 51.8 Å². The topological polar surface area (TPSA) is 59.1 Å². The van der Waals surface area contributed by atoms with E-state index in [0.29, 0.717) is 18.2 Å². The van der Waals surface area contributed by atoms with Gasteiger partial charge >= 0.3 is 0 Å². The predicted octanol–water partition coefficient (Wildman–Crippen LogP) is 5.93. The summed E-state index contributed by atoms with van der Waals surface area (Å²) in [4.78, 5) is 8.89. The standard InChI is InChI=1S/C24H22N4O/c1-18-11-13-19(14-12-18)17-26-23-15-16-25-24(28-23)27-21-9-5-6-10-22(21)29-20-7-3-2-4-8-20/h2-16H,17H2,1H3,(H2,25,26,27,28). The van der Waals surface area contributed by atoms with Gasteiger partial charge in [0.15, 0.2) is 5.75 Å². The maximum absolute atomic E-state index is 5.99. The summed E-state index contributed by atoms with van der Waals surface area (Å²) in [5.41, 5.74) is 3.25. The molecule has 4 aromatic rings. The van der Waals surface area contributed by atoms with Crippen molar-refractivity contribution < 1.29 is 4.74 Å². The summed E-state index contributed by atoms with van der Waals surface area (Å²) in [6, 6.07) is 27.7. The number of para-hydroxylation sites is 3. The van der Waals surface area contributed by atoms with Gasteiger partial charge in [-0.2, -0.15) is 4.98 Å². The van der Waals surface area contributed by atoms with Crippen molar-refractivity contribution in [1.82, 2.24) is 9.97 Å². The third-order valence-electron chi connectivity index (χ3n) is 4.35. The number of hydrogen-bond donors (Lipinski definition) is 2. The number of hydrogen-bond acceptors (Lipinski definition) is 5. The molecule has 0 amide bonds. The monoisotopic (exact) mass is 382 g/mol. The first-order valence-corrected chi connectivity index (χ1v) is 9.48. The van der Waals surface area contributed by atoms with E-state index in [1.165, 1.54) is 11.1 Å². The number of anilines is 3. The van der Waals surface area contributed by atoms with E-state index < -0.39 is 0 Å². The summed E-state index contributed by atoms with van der Waals surface area (Å²) >= 11 is 0. The number of rotatable bonds is 7. The fraction of sp³-hybridized carbons (Fsp3) is 0.0833. The SMILES string of the molecule is Cc1ccc(CNc2ccnc(Nc3ccccc3Oc3ccccc3)n2)cc1. The number of aromatic nitrogens is 2. The van der Waals surface area contributed by atoms with E-state index in [1.807, 2.05) is 60.7 Å². The van der Waals surface area contributed by atoms with Gasteiger partial charge < -0.3 is 15.4 Å². The van der Waals surface area contributed by atoms with Crippen LogP contribution in [0.15, 0.2) is 91.1 Å². The summed E-state index contributed by atoms with van der Waals surface area (Å²) in [6.45, 7) is 2.78. The summed E-state index contributed by atoms with van der Waals surface area (Å²) in [5.74, 6) is 2.74. The molecular formula is C24H22N4O. The lowest BCUT2D eigenvalue weighted by Gasteiger charge is -2.13. The zero-order valence-corrected chi connectivity index (χ0v) is 16.2. The van der Waals surface area contributed by atoms with Gasteiger partial charge in [0.1, 0.15) is 11.6 Å². The third kappa shape index (κ3) is 5.11. The fourth-order valence-corrected chi connectivity index (χ4v) is 2.81. The molecule has 1 heterocycles. The van der Waals surface area contributed by atoms with Gasteiger partial charge in [-0.15, -0.1) is 0 Å². The quantitative estimate of drug-likeness (QED) is 0.415. The normalized spacial score (nSPS) is 10.4. The molecule has 0 saturated carbocycles. The smallest absolute Gasteiger partial charge is 0.229 e. The molecule has 0 atom stereocenters. The van der Waals surface area contributed by atoms with Crippen LogP contribution in [0.3, 0.4) is 0 Å². The molecule has 29 heavy (non-hydrogen) atoms. The molecule has 144 valence electrons. The van der Waals surface area contributed by atoms with Crippen LogP contribution >= 0.6 is 0 Å². The van der Waals surface area contributed by atoms with Crippen LogP contribution in [0.25, 0.3) is 0 Å². The van der Waals surface area contributed by atoms with E-state index in [0.717, 1.165) is 17.3 Å². The van der Waals surface area contributed by atoms with Crippen LogP contribution in [0.2, 0.25) is 0 Å². The Bertz CT molecular complexity index is 1070. The summed E-state index contributed by atoms with van der Waals surface area (Å²) in [5, 5.41) is 6.59. The lowest BCUT2D eigenvalue weighted by molar-refractivity contribution is 0.485. The van der Waals surface area contributed by atoms with E-state index in [-0.39, 0.29) is 0 Å². The number of ether oxygens (including phenoxy) is 1. The molecule has 0 fully saturated rings. The summed E-state index contributed by atoms with van der Waals surface area (Å²) < 4.78 is 5.99. The average Bonchev–Trinajstić information content (AvgIpc) is 2.76. The highest BCUT2D eigenvalue weighted by Crippen LogP contribution is 2.30. The van der Waals surface area contributed by atoms with Gasteiger partial charge in [-0.25, -0.2) is 4.98 Å². The fourth-order valence-electron chi connectivity index (χ4n) is 2.81. The Balaban J connectivity index is 1.46. The molecule has 5 heteroatoms. The van der Waals surface area contributed by atoms with Gasteiger partial charge in [-0.1, -0.05) is 60.2 Å². The van der Waals surface area contributed by atoms with Crippen molar-refractivity contribution in [2.45, 2.75) is 13.5 Å². The summed E-state index contributed by atoms with van der Waals surface area (Å²) in [7, 11) is 0. The molecule has 0 bridgehead atoms. The predicted molar refractivity (Wildman–Crippen MR) is 117 cm³/mol. The van der Waals surface area contributed by atoms with Crippen LogP contribution in [-0.2, 0) is 6.54 Å². The first-order chi connectivity index (χ1) is 14.3. The molecule has 0 aliphatic carbocycles. The van der Waals surface area contributed by atoms with Crippen molar-refractivity contribution in [3.05, 3.63) is 102 Å². The molecule has 4 rings (SSSR count). The Hall–Kier alpha value is -3.86. The first kappa shape index (κ1) is 18.5. The third-order valence-corrected chi connectivity index (χ3v) is 4.35. The Kier molecular flexibility index (Phi) is 5.67. The molecule has 3 aromatic carbocycles. The Morgan fingerprint density at radius 1 is 0.828 bits per heavy atom. The van der Waals surface area contributed by atoms with Crippen molar-refractivity contribution >= 4 is 17.5 Å². The largest absolute Gasteiger partial charge is 0.455 e. The van der Waals surface area contributed by atoms with Gasteiger partial charge in [0, 0.05) is 12.7 Å². The summed E-state index contributed by atoms with van der Waals surface area (Å²) in [6.07, 6.45) is 1.73. The van der Waals surface area contributed by atoms with Crippen LogP contribution in [0, 0.1) is 6.92 Å². The van der Waals surface area contributed by atoms with Crippen LogP contribution < -0.4 is 15.4 Å². The number of benzene rings is 3. The van der Waals surface area contributed by atoms with Crippen molar-refractivity contribution in [3.8, 4) is 11.5 Å². The zero-order valence-electron chi connectivity index (χ0n) is 16.2. The second-order valence-electron chi connectivity index (χ2n) is 6.64. The lowest BCUT2D eigenvalue weighted by atomic mass is 10.1. The molecule has 0 aliphatic heterocycles. The van der Waals surface area contributed by atoms with Gasteiger partial charge in [0.25, 0.3) is 0 Å². The average molecular weight is 382 g/mol. The van der Waals surface area contributed by atoms with Crippen LogP contribution in [-0.4, -0.2) is 9.97 Å². The number of aryl methyl sites for hydroxylation is 1. The van der Waals surface area contributed by atoms with Crippen LogP contribution in [0.5, 0.6) is 11.5 Å². The van der Waals surface area contributed by atoms with Crippen LogP contribution in [0.1, 0.15) is 11.1 Å². The van der Waals surface area contributed by atoms with Crippen molar-refractivity contribution in [2.24, 2.45) is 0 Å². The van der Waals surface area contributed by atoms with E-state index in [4.69, 9.17) is 4.74 Å². The number of nitrogens with zero attached hydrogens (tertiary/aromatic N) is 2. The molecule has 0 unspecified atom stereocenters. The maximum Gasteiger partial charge on any atom is 0.229 e. The van der Waals surface area contributed by atoms with Gasteiger partial charge in [-0.3, -0.25) is 0 Å². The van der Waals surface area contributed by atoms with Gasteiger partial charge in [0.2, 0.25) is 5.95 Å². The van der Waals surface area contributed by atoms with Crippen molar-refractivity contribution in [1.29, 1.82) is 0 Å². The second kappa shape index (κ2) is 8.89. The van der Waals surface area contributed by atoms with Gasteiger partial charge in [-0.05, 0) is 42.8 Å². The highest BCUT2D eigenvalue weighted by Gasteiger charge is 2.07. The molecule has 0 aliphatic rings. The minimum absolute atomic E-state index is 0.503. The molecule has 0 spiro atoms. The maximum atomic E-state index is 5.99. The molecule has 1 aromatic heterocycles. The highest BCUT2D eigenvalue weighted by atomic mass is 16.5. The Morgan fingerprint density at radius 2 is 1.59 bits per heavy atom. The molecule has 5 nitrogen and oxygen atoms in total. The number of nitrogens with one attached hydrogen (secondary N) is 2. The second-order valence-corrected chi connectivity index (χ2v) is 6.64. The Labute approximate surface area is 170 Å². The minimum atomic E-state index is 0.503. The minimum Gasteiger partial charge on any atom is -0.455 e. The lowest BCUT2D eigenvalue weighted by Crippen LogP contribution is -2.04. The molecule has 2 N–H and O–H groups in total. The van der Waals surface area contributed by atoms with E-state index in [9.17, 15) is 0 Å². The van der Waals surface area contributed by atoms with E-state index in [1.54, 1.807) is 6.20 Å². The zero-order chi connectivity index (χ0) is 19.9. The first-order valence-electron chi connectivity index (χ1n) is 9.48. The highest BCUT2D eigenvalue weighted by molar-refractivity contribution is 5.63. The molecule has 0 saturated heterocycles. The van der Waals surface area contributed by atoms with Crippen LogP contribution in [0.4, 0.5) is 17.5 Å².